The number of ether oxygens (including phenoxy) is 1. The van der Waals surface area contributed by atoms with Gasteiger partial charge in [-0.1, -0.05) is 6.07 Å². The Bertz CT molecular complexity index is 328. The highest BCUT2D eigenvalue weighted by atomic mass is 32.1. The van der Waals surface area contributed by atoms with Crippen LogP contribution in [-0.2, 0) is 16.0 Å². The molecule has 0 aromatic carbocycles. The first kappa shape index (κ1) is 11.6. The Morgan fingerprint density at radius 2 is 2.31 bits per heavy atom. The lowest BCUT2D eigenvalue weighted by Crippen LogP contribution is -2.28. The largest absolute Gasteiger partial charge is 0.460 e. The van der Waals surface area contributed by atoms with E-state index in [-0.39, 0.29) is 6.10 Å². The fourth-order valence-electron chi connectivity index (χ4n) is 1.95. The van der Waals surface area contributed by atoms with Crippen molar-refractivity contribution < 1.29 is 14.6 Å². The lowest BCUT2D eigenvalue weighted by Gasteiger charge is -2.14. The van der Waals surface area contributed by atoms with Crippen LogP contribution in [0.4, 0.5) is 0 Å². The van der Waals surface area contributed by atoms with Gasteiger partial charge in [0.25, 0.3) is 0 Å². The van der Waals surface area contributed by atoms with E-state index in [0.717, 1.165) is 30.6 Å². The third kappa shape index (κ3) is 3.06. The number of thiophene rings is 1. The van der Waals surface area contributed by atoms with Crippen LogP contribution in [-0.4, -0.2) is 23.3 Å². The summed E-state index contributed by atoms with van der Waals surface area (Å²) in [5, 5.41) is 11.6. The number of hydrogen-bond acceptors (Lipinski definition) is 4. The Kier molecular flexibility index (Phi) is 3.96. The number of carbonyl (C=O) groups is 1. The zero-order chi connectivity index (χ0) is 11.4. The Hall–Kier alpha value is -0.870. The normalized spacial score (nSPS) is 18.6. The fourth-order valence-corrected chi connectivity index (χ4v) is 2.69. The molecule has 88 valence electrons. The van der Waals surface area contributed by atoms with Crippen LogP contribution in [0.5, 0.6) is 0 Å². The van der Waals surface area contributed by atoms with Crippen molar-refractivity contribution in [3.05, 3.63) is 22.4 Å². The maximum absolute atomic E-state index is 11.6. The van der Waals surface area contributed by atoms with E-state index in [9.17, 15) is 9.90 Å². The molecule has 1 N–H and O–H groups in total. The molecule has 1 aliphatic rings. The van der Waals surface area contributed by atoms with Crippen LogP contribution in [0.3, 0.4) is 0 Å². The first-order chi connectivity index (χ1) is 7.75. The van der Waals surface area contributed by atoms with Gasteiger partial charge in [-0.15, -0.1) is 11.3 Å². The van der Waals surface area contributed by atoms with Gasteiger partial charge in [0.1, 0.15) is 6.10 Å². The zero-order valence-corrected chi connectivity index (χ0v) is 9.91. The van der Waals surface area contributed by atoms with E-state index in [1.807, 2.05) is 17.5 Å². The SMILES string of the molecule is O=C(OC1CCCC1)C(O)Cc1cccs1. The monoisotopic (exact) mass is 240 g/mol. The van der Waals surface area contributed by atoms with E-state index in [0.29, 0.717) is 6.42 Å². The molecule has 3 nitrogen and oxygen atoms in total. The summed E-state index contributed by atoms with van der Waals surface area (Å²) in [6, 6.07) is 3.83. The predicted octanol–water partition coefficient (Wildman–Crippen LogP) is 2.14. The number of rotatable bonds is 4. The maximum atomic E-state index is 11.6. The summed E-state index contributed by atoms with van der Waals surface area (Å²) in [5.41, 5.74) is 0. The minimum absolute atomic E-state index is 0.0329. The molecule has 1 heterocycles. The average Bonchev–Trinajstić information content (AvgIpc) is 2.90. The van der Waals surface area contributed by atoms with Gasteiger partial charge in [0.15, 0.2) is 6.10 Å². The molecule has 16 heavy (non-hydrogen) atoms. The summed E-state index contributed by atoms with van der Waals surface area (Å²) < 4.78 is 5.24. The van der Waals surface area contributed by atoms with E-state index >= 15 is 0 Å². The molecule has 2 rings (SSSR count). The third-order valence-electron chi connectivity index (χ3n) is 2.83. The summed E-state index contributed by atoms with van der Waals surface area (Å²) in [6.07, 6.45) is 3.51. The molecule has 1 fully saturated rings. The van der Waals surface area contributed by atoms with E-state index < -0.39 is 12.1 Å². The molecule has 1 atom stereocenters. The average molecular weight is 240 g/mol. The Labute approximate surface area is 99.1 Å². The zero-order valence-electron chi connectivity index (χ0n) is 9.09. The molecule has 1 aromatic heterocycles. The Morgan fingerprint density at radius 3 is 2.94 bits per heavy atom. The van der Waals surface area contributed by atoms with Crippen molar-refractivity contribution >= 4 is 17.3 Å². The van der Waals surface area contributed by atoms with Crippen molar-refractivity contribution in [2.24, 2.45) is 0 Å². The van der Waals surface area contributed by atoms with Gasteiger partial charge in [0, 0.05) is 11.3 Å². The molecule has 0 bridgehead atoms. The summed E-state index contributed by atoms with van der Waals surface area (Å²) in [5.74, 6) is -0.472. The minimum Gasteiger partial charge on any atom is -0.460 e. The van der Waals surface area contributed by atoms with Crippen LogP contribution in [0.1, 0.15) is 30.6 Å². The Balaban J connectivity index is 1.79. The molecule has 1 unspecified atom stereocenters. The van der Waals surface area contributed by atoms with Crippen LogP contribution in [0.15, 0.2) is 17.5 Å². The lowest BCUT2D eigenvalue weighted by molar-refractivity contribution is -0.158. The standard InChI is InChI=1S/C12H16O3S/c13-11(8-10-6-3-7-16-10)12(14)15-9-4-1-2-5-9/h3,6-7,9,11,13H,1-2,4-5,8H2. The molecular formula is C12H16O3S. The molecular weight excluding hydrogens is 224 g/mol. The van der Waals surface area contributed by atoms with Gasteiger partial charge in [0.2, 0.25) is 0 Å². The summed E-state index contributed by atoms with van der Waals surface area (Å²) in [6.45, 7) is 0. The van der Waals surface area contributed by atoms with Gasteiger partial charge in [-0.25, -0.2) is 4.79 Å². The molecule has 1 saturated carbocycles. The summed E-state index contributed by atoms with van der Waals surface area (Å²) >= 11 is 1.54. The molecule has 0 amide bonds. The second kappa shape index (κ2) is 5.46. The van der Waals surface area contributed by atoms with Gasteiger partial charge in [-0.2, -0.15) is 0 Å². The number of aliphatic hydroxyl groups is 1. The van der Waals surface area contributed by atoms with Crippen molar-refractivity contribution in [3.8, 4) is 0 Å². The molecule has 1 aromatic rings. The molecule has 0 aliphatic heterocycles. The van der Waals surface area contributed by atoms with Crippen LogP contribution in [0, 0.1) is 0 Å². The van der Waals surface area contributed by atoms with Gasteiger partial charge in [-0.05, 0) is 37.1 Å². The van der Waals surface area contributed by atoms with Gasteiger partial charge in [0.05, 0.1) is 0 Å². The van der Waals surface area contributed by atoms with E-state index in [1.165, 1.54) is 0 Å². The second-order valence-corrected chi connectivity index (χ2v) is 5.17. The van der Waals surface area contributed by atoms with Crippen LogP contribution >= 0.6 is 11.3 Å². The van der Waals surface area contributed by atoms with Crippen molar-refractivity contribution in [3.63, 3.8) is 0 Å². The van der Waals surface area contributed by atoms with Crippen LogP contribution in [0.2, 0.25) is 0 Å². The highest BCUT2D eigenvalue weighted by Crippen LogP contribution is 2.22. The van der Waals surface area contributed by atoms with Crippen molar-refractivity contribution in [2.75, 3.05) is 0 Å². The van der Waals surface area contributed by atoms with E-state index in [2.05, 4.69) is 0 Å². The van der Waals surface area contributed by atoms with E-state index in [4.69, 9.17) is 4.74 Å². The molecule has 0 saturated heterocycles. The number of esters is 1. The first-order valence-corrected chi connectivity index (χ1v) is 6.54. The highest BCUT2D eigenvalue weighted by molar-refractivity contribution is 7.09. The summed E-state index contributed by atoms with van der Waals surface area (Å²) in [7, 11) is 0. The quantitative estimate of drug-likeness (QED) is 0.820. The van der Waals surface area contributed by atoms with Crippen molar-refractivity contribution in [1.82, 2.24) is 0 Å². The second-order valence-electron chi connectivity index (χ2n) is 4.14. The summed E-state index contributed by atoms with van der Waals surface area (Å²) in [4.78, 5) is 12.6. The topological polar surface area (TPSA) is 46.5 Å². The van der Waals surface area contributed by atoms with E-state index in [1.54, 1.807) is 11.3 Å². The highest BCUT2D eigenvalue weighted by Gasteiger charge is 2.24. The van der Waals surface area contributed by atoms with Gasteiger partial charge >= 0.3 is 5.97 Å². The number of hydrogen-bond donors (Lipinski definition) is 1. The molecule has 1 aliphatic carbocycles. The van der Waals surface area contributed by atoms with Crippen LogP contribution < -0.4 is 0 Å². The number of carbonyl (C=O) groups excluding carboxylic acids is 1. The molecule has 4 heteroatoms. The van der Waals surface area contributed by atoms with Crippen LogP contribution in [0.25, 0.3) is 0 Å². The Morgan fingerprint density at radius 1 is 1.56 bits per heavy atom. The molecule has 0 spiro atoms. The van der Waals surface area contributed by atoms with Crippen molar-refractivity contribution in [1.29, 1.82) is 0 Å². The fraction of sp³-hybridized carbons (Fsp3) is 0.583. The number of aliphatic hydroxyl groups excluding tert-OH is 1. The predicted molar refractivity (Wildman–Crippen MR) is 62.4 cm³/mol. The van der Waals surface area contributed by atoms with Crippen molar-refractivity contribution in [2.45, 2.75) is 44.3 Å². The first-order valence-electron chi connectivity index (χ1n) is 5.66. The van der Waals surface area contributed by atoms with Gasteiger partial charge < -0.3 is 9.84 Å². The third-order valence-corrected chi connectivity index (χ3v) is 3.73. The van der Waals surface area contributed by atoms with Gasteiger partial charge in [-0.3, -0.25) is 0 Å². The molecule has 0 radical (unpaired) electrons. The minimum atomic E-state index is -1.01. The smallest absolute Gasteiger partial charge is 0.335 e. The maximum Gasteiger partial charge on any atom is 0.335 e. The lowest BCUT2D eigenvalue weighted by atomic mass is 10.2.